The largest absolute Gasteiger partial charge is 0.290 e. The van der Waals surface area contributed by atoms with Gasteiger partial charge in [-0.15, -0.1) is 0 Å². The van der Waals surface area contributed by atoms with E-state index in [1.807, 2.05) is 17.5 Å². The first kappa shape index (κ1) is 5.41. The maximum Gasteiger partial charge on any atom is 0.234 e. The fraction of sp³-hybridized carbons (Fsp3) is 0.143. The number of rotatable bonds is 0. The first-order valence-electron chi connectivity index (χ1n) is 3.04. The molecule has 2 rings (SSSR count). The fourth-order valence-electron chi connectivity index (χ4n) is 0.867. The number of nitrogens with zero attached hydrogens (tertiary/aromatic N) is 3. The molecule has 2 aromatic rings. The van der Waals surface area contributed by atoms with Gasteiger partial charge in [0, 0.05) is 18.6 Å². The Bertz CT molecular complexity index is 350. The van der Waals surface area contributed by atoms with Gasteiger partial charge in [0.05, 0.1) is 0 Å². The normalized spacial score (nSPS) is 10.5. The molecule has 0 unspecified atom stereocenters. The van der Waals surface area contributed by atoms with E-state index in [1.54, 1.807) is 12.4 Å². The van der Waals surface area contributed by atoms with Gasteiger partial charge in [-0.2, -0.15) is 0 Å². The molecular weight excluding hydrogens is 126 g/mol. The van der Waals surface area contributed by atoms with Gasteiger partial charge in [-0.3, -0.25) is 4.40 Å². The molecule has 49 valence electrons. The van der Waals surface area contributed by atoms with Gasteiger partial charge in [-0.05, 0) is 12.5 Å². The Morgan fingerprint density at radius 2 is 2.50 bits per heavy atom. The molecule has 0 spiro atoms. The van der Waals surface area contributed by atoms with Crippen molar-refractivity contribution in [2.45, 2.75) is 6.92 Å². The quantitative estimate of drug-likeness (QED) is 0.531. The van der Waals surface area contributed by atoms with Gasteiger partial charge in [0.15, 0.2) is 0 Å². The van der Waals surface area contributed by atoms with E-state index < -0.39 is 0 Å². The van der Waals surface area contributed by atoms with Crippen LogP contribution in [0.15, 0.2) is 18.6 Å². The molecule has 3 heteroatoms. The van der Waals surface area contributed by atoms with Gasteiger partial charge in [-0.25, -0.2) is 9.97 Å². The second kappa shape index (κ2) is 1.80. The van der Waals surface area contributed by atoms with Crippen molar-refractivity contribution >= 4 is 5.78 Å². The van der Waals surface area contributed by atoms with Crippen molar-refractivity contribution in [1.29, 1.82) is 0 Å². The molecule has 0 aliphatic heterocycles. The van der Waals surface area contributed by atoms with E-state index in [4.69, 9.17) is 0 Å². The van der Waals surface area contributed by atoms with E-state index >= 15 is 0 Å². The van der Waals surface area contributed by atoms with Crippen LogP contribution >= 0.6 is 0 Å². The first-order chi connectivity index (χ1) is 4.86. The predicted molar refractivity (Wildman–Crippen MR) is 36.6 cm³/mol. The minimum atomic E-state index is 0.700. The molecular formula is C7H6N3. The Balaban J connectivity index is 2.86. The van der Waals surface area contributed by atoms with Crippen molar-refractivity contribution in [1.82, 2.24) is 14.4 Å². The van der Waals surface area contributed by atoms with E-state index in [1.165, 1.54) is 0 Å². The van der Waals surface area contributed by atoms with E-state index in [2.05, 4.69) is 16.2 Å². The summed E-state index contributed by atoms with van der Waals surface area (Å²) in [4.78, 5) is 7.95. The lowest BCUT2D eigenvalue weighted by Gasteiger charge is -1.91. The summed E-state index contributed by atoms with van der Waals surface area (Å²) in [7, 11) is 0. The summed E-state index contributed by atoms with van der Waals surface area (Å²) < 4.78 is 1.84. The summed E-state index contributed by atoms with van der Waals surface area (Å²) in [5, 5.41) is 0. The molecule has 0 saturated carbocycles. The summed E-state index contributed by atoms with van der Waals surface area (Å²) >= 11 is 0. The van der Waals surface area contributed by atoms with Gasteiger partial charge in [-0.1, -0.05) is 0 Å². The smallest absolute Gasteiger partial charge is 0.234 e. The van der Waals surface area contributed by atoms with Gasteiger partial charge in [0.1, 0.15) is 6.20 Å². The number of hydrogen-bond acceptors (Lipinski definition) is 2. The zero-order chi connectivity index (χ0) is 6.97. The molecule has 0 atom stereocenters. The molecule has 10 heavy (non-hydrogen) atoms. The lowest BCUT2D eigenvalue weighted by molar-refractivity contribution is 1.08. The Morgan fingerprint density at radius 1 is 1.60 bits per heavy atom. The van der Waals surface area contributed by atoms with Gasteiger partial charge in [0.2, 0.25) is 5.78 Å². The SMILES string of the molecule is Cc1cnc2n[c]cn2c1. The highest BCUT2D eigenvalue weighted by Gasteiger charge is 1.92. The molecule has 2 aromatic heterocycles. The summed E-state index contributed by atoms with van der Waals surface area (Å²) in [6.07, 6.45) is 8.23. The van der Waals surface area contributed by atoms with Crippen LogP contribution in [0.4, 0.5) is 0 Å². The van der Waals surface area contributed by atoms with Crippen LogP contribution in [0.1, 0.15) is 5.56 Å². The average molecular weight is 132 g/mol. The molecule has 0 amide bonds. The highest BCUT2D eigenvalue weighted by atomic mass is 15.1. The third-order valence-corrected chi connectivity index (χ3v) is 1.32. The zero-order valence-corrected chi connectivity index (χ0v) is 5.57. The van der Waals surface area contributed by atoms with Crippen molar-refractivity contribution in [2.24, 2.45) is 0 Å². The fourth-order valence-corrected chi connectivity index (χ4v) is 0.867. The molecule has 0 bridgehead atoms. The van der Waals surface area contributed by atoms with Crippen LogP contribution in [0, 0.1) is 13.1 Å². The Hall–Kier alpha value is -1.38. The summed E-state index contributed by atoms with van der Waals surface area (Å²) in [5.74, 6) is 0.700. The molecule has 0 N–H and O–H groups in total. The van der Waals surface area contributed by atoms with E-state index in [0.29, 0.717) is 5.78 Å². The highest BCUT2D eigenvalue weighted by Crippen LogP contribution is 1.97. The number of aromatic nitrogens is 3. The minimum Gasteiger partial charge on any atom is -0.290 e. The first-order valence-corrected chi connectivity index (χ1v) is 3.04. The topological polar surface area (TPSA) is 30.2 Å². The van der Waals surface area contributed by atoms with Crippen molar-refractivity contribution in [2.75, 3.05) is 0 Å². The van der Waals surface area contributed by atoms with Crippen molar-refractivity contribution < 1.29 is 0 Å². The third-order valence-electron chi connectivity index (χ3n) is 1.32. The number of aryl methyl sites for hydroxylation is 1. The number of imidazole rings is 1. The van der Waals surface area contributed by atoms with Crippen LogP contribution in [0.3, 0.4) is 0 Å². The second-order valence-electron chi connectivity index (χ2n) is 2.21. The maximum absolute atomic E-state index is 4.06. The molecule has 0 saturated heterocycles. The van der Waals surface area contributed by atoms with Crippen LogP contribution in [0.25, 0.3) is 5.78 Å². The molecule has 1 radical (unpaired) electrons. The molecule has 0 fully saturated rings. The molecule has 0 aliphatic carbocycles. The standard InChI is InChI=1S/C7H6N3/c1-6-4-9-7-8-2-3-10(7)5-6/h3-5H,1H3. The van der Waals surface area contributed by atoms with E-state index in [0.717, 1.165) is 5.56 Å². The van der Waals surface area contributed by atoms with Crippen LogP contribution in [-0.4, -0.2) is 14.4 Å². The second-order valence-corrected chi connectivity index (χ2v) is 2.21. The highest BCUT2D eigenvalue weighted by molar-refractivity contribution is 5.27. The zero-order valence-electron chi connectivity index (χ0n) is 5.57. The lowest BCUT2D eigenvalue weighted by atomic mass is 10.4. The Kier molecular flexibility index (Phi) is 0.974. The van der Waals surface area contributed by atoms with E-state index in [9.17, 15) is 0 Å². The molecule has 0 aromatic carbocycles. The van der Waals surface area contributed by atoms with E-state index in [-0.39, 0.29) is 0 Å². The van der Waals surface area contributed by atoms with Crippen LogP contribution in [0.5, 0.6) is 0 Å². The lowest BCUT2D eigenvalue weighted by Crippen LogP contribution is -1.87. The average Bonchev–Trinajstić information content (AvgIpc) is 2.33. The van der Waals surface area contributed by atoms with Gasteiger partial charge >= 0.3 is 0 Å². The monoisotopic (exact) mass is 132 g/mol. The Morgan fingerprint density at radius 3 is 3.40 bits per heavy atom. The molecule has 3 nitrogen and oxygen atoms in total. The summed E-state index contributed by atoms with van der Waals surface area (Å²) in [6.45, 7) is 1.99. The van der Waals surface area contributed by atoms with Gasteiger partial charge in [0.25, 0.3) is 0 Å². The van der Waals surface area contributed by atoms with Crippen LogP contribution in [-0.2, 0) is 0 Å². The Labute approximate surface area is 58.4 Å². The third kappa shape index (κ3) is 0.673. The number of hydrogen-bond donors (Lipinski definition) is 0. The maximum atomic E-state index is 4.06. The number of fused-ring (bicyclic) bond motifs is 1. The van der Waals surface area contributed by atoms with Crippen molar-refractivity contribution in [3.63, 3.8) is 0 Å². The van der Waals surface area contributed by atoms with Crippen molar-refractivity contribution in [3.8, 4) is 0 Å². The summed E-state index contributed by atoms with van der Waals surface area (Å²) in [5.41, 5.74) is 1.12. The van der Waals surface area contributed by atoms with Crippen LogP contribution in [0.2, 0.25) is 0 Å². The predicted octanol–water partition coefficient (Wildman–Crippen LogP) is 0.838. The molecule has 2 heterocycles. The minimum absolute atomic E-state index is 0.700. The molecule has 0 aliphatic rings. The van der Waals surface area contributed by atoms with Gasteiger partial charge < -0.3 is 0 Å². The van der Waals surface area contributed by atoms with Crippen LogP contribution < -0.4 is 0 Å². The van der Waals surface area contributed by atoms with Crippen molar-refractivity contribution in [3.05, 3.63) is 30.4 Å². The summed E-state index contributed by atoms with van der Waals surface area (Å²) in [6, 6.07) is 0.